The molecule has 1 saturated heterocycles. The van der Waals surface area contributed by atoms with Gasteiger partial charge in [-0.05, 0) is 49.6 Å². The Kier molecular flexibility index (Phi) is 8.67. The quantitative estimate of drug-likeness (QED) is 0.348. The van der Waals surface area contributed by atoms with Crippen LogP contribution < -0.4 is 15.4 Å². The van der Waals surface area contributed by atoms with Crippen LogP contribution in [-0.2, 0) is 16.1 Å². The Morgan fingerprint density at radius 3 is 2.78 bits per heavy atom. The van der Waals surface area contributed by atoms with E-state index >= 15 is 0 Å². The predicted molar refractivity (Wildman–Crippen MR) is 150 cm³/mol. The SMILES string of the molecule is COc1ccc(F)c(C(C)NC(=O)C(CO)N2Cc3ccc(-c4nc(NC5CCOCC5)ncc4Cl)cc3C2=O)c1. The number of rotatable bonds is 9. The molecule has 2 aliphatic rings. The monoisotopic (exact) mass is 583 g/mol. The number of methoxy groups -OCH3 is 1. The summed E-state index contributed by atoms with van der Waals surface area (Å²) in [6, 6.07) is 7.80. The van der Waals surface area contributed by atoms with Crippen molar-refractivity contribution in [2.24, 2.45) is 0 Å². The van der Waals surface area contributed by atoms with Gasteiger partial charge in [0.25, 0.3) is 5.91 Å². The second kappa shape index (κ2) is 12.4. The first-order chi connectivity index (χ1) is 19.8. The smallest absolute Gasteiger partial charge is 0.255 e. The standard InChI is InChI=1S/C29H31ClFN5O5/c1-16(21-12-20(40-2)5-6-24(21)31)33-27(38)25(15-37)36-14-18-4-3-17(11-22(18)28(36)39)26-23(30)13-32-29(35-26)34-19-7-9-41-10-8-19/h3-6,11-13,16,19,25,37H,7-10,14-15H2,1-2H3,(H,33,38)(H,32,34,35). The van der Waals surface area contributed by atoms with Crippen molar-refractivity contribution < 1.29 is 28.6 Å². The highest BCUT2D eigenvalue weighted by Gasteiger charge is 2.37. The van der Waals surface area contributed by atoms with Gasteiger partial charge >= 0.3 is 0 Å². The zero-order chi connectivity index (χ0) is 29.1. The molecule has 3 aromatic rings. The number of aliphatic hydroxyl groups excluding tert-OH is 1. The zero-order valence-electron chi connectivity index (χ0n) is 22.7. The molecule has 0 aliphatic carbocycles. The van der Waals surface area contributed by atoms with Gasteiger partial charge in [-0.1, -0.05) is 23.7 Å². The van der Waals surface area contributed by atoms with Crippen LogP contribution in [0.4, 0.5) is 10.3 Å². The summed E-state index contributed by atoms with van der Waals surface area (Å²) in [5.41, 5.74) is 2.39. The molecule has 0 saturated carbocycles. The number of ether oxygens (including phenoxy) is 2. The Hall–Kier alpha value is -3.80. The van der Waals surface area contributed by atoms with E-state index in [0.717, 1.165) is 12.8 Å². The largest absolute Gasteiger partial charge is 0.497 e. The van der Waals surface area contributed by atoms with Crippen LogP contribution in [0.5, 0.6) is 5.75 Å². The van der Waals surface area contributed by atoms with E-state index in [1.807, 2.05) is 6.07 Å². The first kappa shape index (κ1) is 28.7. The average Bonchev–Trinajstić information content (AvgIpc) is 3.30. The molecule has 0 radical (unpaired) electrons. The van der Waals surface area contributed by atoms with Crippen molar-refractivity contribution in [2.75, 3.05) is 32.2 Å². The average molecular weight is 584 g/mol. The lowest BCUT2D eigenvalue weighted by Crippen LogP contribution is -2.49. The van der Waals surface area contributed by atoms with Gasteiger partial charge in [-0.15, -0.1) is 0 Å². The van der Waals surface area contributed by atoms with Crippen LogP contribution in [0, 0.1) is 5.82 Å². The molecule has 2 atom stereocenters. The Labute approximate surface area is 241 Å². The molecule has 0 spiro atoms. The third-order valence-corrected chi connectivity index (χ3v) is 7.67. The van der Waals surface area contributed by atoms with E-state index in [2.05, 4.69) is 20.6 Å². The summed E-state index contributed by atoms with van der Waals surface area (Å²) in [4.78, 5) is 36.8. The number of hydrogen-bond acceptors (Lipinski definition) is 8. The lowest BCUT2D eigenvalue weighted by Gasteiger charge is -2.27. The van der Waals surface area contributed by atoms with Crippen molar-refractivity contribution in [1.82, 2.24) is 20.2 Å². The fourth-order valence-electron chi connectivity index (χ4n) is 5.08. The van der Waals surface area contributed by atoms with Crippen LogP contribution in [0.2, 0.25) is 5.02 Å². The second-order valence-electron chi connectivity index (χ2n) is 10.0. The normalized spacial score (nSPS) is 16.7. The van der Waals surface area contributed by atoms with Gasteiger partial charge in [-0.2, -0.15) is 0 Å². The van der Waals surface area contributed by atoms with Crippen molar-refractivity contribution in [3.63, 3.8) is 0 Å². The molecule has 12 heteroatoms. The molecule has 1 aromatic heterocycles. The van der Waals surface area contributed by atoms with Gasteiger partial charge in [-0.25, -0.2) is 14.4 Å². The van der Waals surface area contributed by atoms with Crippen LogP contribution in [0.15, 0.2) is 42.6 Å². The van der Waals surface area contributed by atoms with Gasteiger partial charge in [0.05, 0.1) is 36.7 Å². The number of hydrogen-bond donors (Lipinski definition) is 3. The highest BCUT2D eigenvalue weighted by Crippen LogP contribution is 2.33. The molecule has 3 N–H and O–H groups in total. The van der Waals surface area contributed by atoms with E-state index in [4.69, 9.17) is 21.1 Å². The summed E-state index contributed by atoms with van der Waals surface area (Å²) in [6.45, 7) is 2.48. The Balaban J connectivity index is 1.32. The van der Waals surface area contributed by atoms with Crippen molar-refractivity contribution >= 4 is 29.4 Å². The molecule has 2 amide bonds. The Bertz CT molecular complexity index is 1450. The van der Waals surface area contributed by atoms with E-state index in [9.17, 15) is 19.1 Å². The van der Waals surface area contributed by atoms with E-state index in [1.54, 1.807) is 19.1 Å². The number of anilines is 1. The molecule has 216 valence electrons. The molecule has 0 bridgehead atoms. The first-order valence-electron chi connectivity index (χ1n) is 13.3. The molecule has 2 unspecified atom stereocenters. The summed E-state index contributed by atoms with van der Waals surface area (Å²) in [5.74, 6) is -0.653. The molecule has 41 heavy (non-hydrogen) atoms. The fraction of sp³-hybridized carbons (Fsp3) is 0.379. The van der Waals surface area contributed by atoms with Gasteiger partial charge in [0.1, 0.15) is 17.6 Å². The maximum Gasteiger partial charge on any atom is 0.255 e. The van der Waals surface area contributed by atoms with Crippen LogP contribution in [0.25, 0.3) is 11.3 Å². The van der Waals surface area contributed by atoms with E-state index in [-0.39, 0.29) is 18.2 Å². The van der Waals surface area contributed by atoms with Gasteiger partial charge < -0.3 is 30.1 Å². The van der Waals surface area contributed by atoms with Gasteiger partial charge in [0, 0.05) is 42.5 Å². The Morgan fingerprint density at radius 1 is 1.27 bits per heavy atom. The molecule has 3 heterocycles. The van der Waals surface area contributed by atoms with Crippen LogP contribution in [-0.4, -0.2) is 70.8 Å². The maximum atomic E-state index is 14.4. The maximum absolute atomic E-state index is 14.4. The Morgan fingerprint density at radius 2 is 2.05 bits per heavy atom. The zero-order valence-corrected chi connectivity index (χ0v) is 23.4. The van der Waals surface area contributed by atoms with Gasteiger partial charge in [-0.3, -0.25) is 9.59 Å². The van der Waals surface area contributed by atoms with Crippen LogP contribution in [0.3, 0.4) is 0 Å². The van der Waals surface area contributed by atoms with Crippen LogP contribution in [0.1, 0.15) is 47.3 Å². The molecule has 10 nitrogen and oxygen atoms in total. The highest BCUT2D eigenvalue weighted by atomic mass is 35.5. The van der Waals surface area contributed by atoms with Crippen LogP contribution >= 0.6 is 11.6 Å². The number of fused-ring (bicyclic) bond motifs is 1. The number of halogens is 2. The molecule has 1 fully saturated rings. The van der Waals surface area contributed by atoms with Crippen molar-refractivity contribution in [1.29, 1.82) is 0 Å². The number of aromatic nitrogens is 2. The lowest BCUT2D eigenvalue weighted by molar-refractivity contribution is -0.127. The topological polar surface area (TPSA) is 126 Å². The summed E-state index contributed by atoms with van der Waals surface area (Å²) in [5, 5.41) is 16.5. The highest BCUT2D eigenvalue weighted by molar-refractivity contribution is 6.33. The van der Waals surface area contributed by atoms with Gasteiger partial charge in [0.15, 0.2) is 0 Å². The molecular formula is C29H31ClFN5O5. The van der Waals surface area contributed by atoms with Gasteiger partial charge in [0.2, 0.25) is 11.9 Å². The minimum Gasteiger partial charge on any atom is -0.497 e. The van der Waals surface area contributed by atoms with E-state index < -0.39 is 36.3 Å². The number of benzene rings is 2. The fourth-order valence-corrected chi connectivity index (χ4v) is 5.28. The summed E-state index contributed by atoms with van der Waals surface area (Å²) in [6.07, 6.45) is 3.21. The third-order valence-electron chi connectivity index (χ3n) is 7.39. The minimum atomic E-state index is -1.17. The second-order valence-corrected chi connectivity index (χ2v) is 10.4. The predicted octanol–water partition coefficient (Wildman–Crippen LogP) is 3.73. The lowest BCUT2D eigenvalue weighted by atomic mass is 10.0. The van der Waals surface area contributed by atoms with Crippen molar-refractivity contribution in [2.45, 2.75) is 44.4 Å². The number of carbonyl (C=O) groups is 2. The molecule has 5 rings (SSSR count). The number of aliphatic hydroxyl groups is 1. The first-order valence-corrected chi connectivity index (χ1v) is 13.7. The third kappa shape index (κ3) is 6.12. The number of carbonyl (C=O) groups excluding carboxylic acids is 2. The number of nitrogens with zero attached hydrogens (tertiary/aromatic N) is 3. The molecule has 2 aliphatic heterocycles. The minimum absolute atomic E-state index is 0.128. The summed E-state index contributed by atoms with van der Waals surface area (Å²) < 4.78 is 25.0. The van der Waals surface area contributed by atoms with Crippen molar-refractivity contribution in [3.8, 4) is 17.0 Å². The van der Waals surface area contributed by atoms with Crippen molar-refractivity contribution in [3.05, 3.63) is 70.1 Å². The number of nitrogens with one attached hydrogen (secondary N) is 2. The molecule has 2 aromatic carbocycles. The summed E-state index contributed by atoms with van der Waals surface area (Å²) in [7, 11) is 1.46. The molecular weight excluding hydrogens is 553 g/mol. The summed E-state index contributed by atoms with van der Waals surface area (Å²) >= 11 is 6.44. The van der Waals surface area contributed by atoms with E-state index in [0.29, 0.717) is 52.3 Å². The number of amides is 2. The van der Waals surface area contributed by atoms with E-state index in [1.165, 1.54) is 36.4 Å².